The van der Waals surface area contributed by atoms with E-state index in [9.17, 15) is 18.0 Å². The van der Waals surface area contributed by atoms with Crippen molar-refractivity contribution in [3.8, 4) is 11.5 Å². The third-order valence-electron chi connectivity index (χ3n) is 6.29. The summed E-state index contributed by atoms with van der Waals surface area (Å²) >= 11 is 0. The molecular weight excluding hydrogens is 506 g/mol. The van der Waals surface area contributed by atoms with Crippen molar-refractivity contribution in [1.82, 2.24) is 10.2 Å². The molecule has 1 atom stereocenters. The van der Waals surface area contributed by atoms with Crippen molar-refractivity contribution in [2.75, 3.05) is 36.9 Å². The lowest BCUT2D eigenvalue weighted by Crippen LogP contribution is -2.48. The maximum atomic E-state index is 13.4. The quantitative estimate of drug-likeness (QED) is 0.438. The summed E-state index contributed by atoms with van der Waals surface area (Å²) in [6, 6.07) is 12.2. The molecule has 1 N–H and O–H groups in total. The first-order chi connectivity index (χ1) is 18.0. The van der Waals surface area contributed by atoms with E-state index in [2.05, 4.69) is 5.32 Å². The highest BCUT2D eigenvalue weighted by atomic mass is 32.2. The molecule has 2 aromatic rings. The molecule has 0 unspecified atom stereocenters. The number of amides is 2. The number of ether oxygens (including phenoxy) is 2. The van der Waals surface area contributed by atoms with Gasteiger partial charge >= 0.3 is 0 Å². The number of nitrogens with zero attached hydrogens (tertiary/aromatic N) is 2. The van der Waals surface area contributed by atoms with E-state index in [0.717, 1.165) is 17.4 Å². The van der Waals surface area contributed by atoms with Gasteiger partial charge in [-0.05, 0) is 43.9 Å². The smallest absolute Gasteiger partial charge is 0.242 e. The van der Waals surface area contributed by atoms with E-state index in [1.54, 1.807) is 30.0 Å². The summed E-state index contributed by atoms with van der Waals surface area (Å²) in [6.45, 7) is 9.48. The molecule has 208 valence electrons. The number of hydrogen-bond donors (Lipinski definition) is 1. The summed E-state index contributed by atoms with van der Waals surface area (Å²) in [5, 5.41) is 2.91. The molecule has 9 nitrogen and oxygen atoms in total. The Morgan fingerprint density at radius 3 is 2.29 bits per heavy atom. The molecule has 1 heterocycles. The zero-order valence-electron chi connectivity index (χ0n) is 22.9. The predicted molar refractivity (Wildman–Crippen MR) is 148 cm³/mol. The summed E-state index contributed by atoms with van der Waals surface area (Å²) in [4.78, 5) is 27.8. The minimum Gasteiger partial charge on any atom is -0.486 e. The Hall–Kier alpha value is -3.27. The van der Waals surface area contributed by atoms with Crippen molar-refractivity contribution < 1.29 is 27.5 Å². The van der Waals surface area contributed by atoms with Crippen LogP contribution in [0.2, 0.25) is 0 Å². The van der Waals surface area contributed by atoms with Gasteiger partial charge in [0.05, 0.1) is 11.9 Å². The van der Waals surface area contributed by atoms with Crippen molar-refractivity contribution >= 4 is 27.5 Å². The lowest BCUT2D eigenvalue weighted by molar-refractivity contribution is -0.140. The maximum Gasteiger partial charge on any atom is 0.242 e. The van der Waals surface area contributed by atoms with Crippen LogP contribution >= 0.6 is 0 Å². The summed E-state index contributed by atoms with van der Waals surface area (Å²) < 4.78 is 37.6. The number of carbonyl (C=O) groups is 2. The third-order valence-corrected chi connectivity index (χ3v) is 7.49. The van der Waals surface area contributed by atoms with Crippen molar-refractivity contribution in [3.63, 3.8) is 0 Å². The highest BCUT2D eigenvalue weighted by Gasteiger charge is 2.27. The molecule has 3 rings (SSSR count). The fourth-order valence-electron chi connectivity index (χ4n) is 4.12. The van der Waals surface area contributed by atoms with Crippen molar-refractivity contribution in [2.24, 2.45) is 5.92 Å². The number of rotatable bonds is 12. The van der Waals surface area contributed by atoms with Gasteiger partial charge in [0.1, 0.15) is 19.3 Å². The van der Waals surface area contributed by atoms with E-state index in [1.807, 2.05) is 45.0 Å². The average Bonchev–Trinajstić information content (AvgIpc) is 2.87. The minimum atomic E-state index is -3.61. The van der Waals surface area contributed by atoms with Crippen LogP contribution in [-0.4, -0.2) is 63.7 Å². The molecule has 0 spiro atoms. The zero-order valence-corrected chi connectivity index (χ0v) is 23.7. The number of aryl methyl sites for hydroxylation is 1. The van der Waals surface area contributed by atoms with Crippen molar-refractivity contribution in [2.45, 2.75) is 53.1 Å². The van der Waals surface area contributed by atoms with Crippen LogP contribution < -0.4 is 19.1 Å². The molecule has 2 amide bonds. The summed E-state index contributed by atoms with van der Waals surface area (Å²) in [5.74, 6) is 0.917. The fraction of sp³-hybridized carbons (Fsp3) is 0.500. The number of fused-ring (bicyclic) bond motifs is 1. The van der Waals surface area contributed by atoms with Gasteiger partial charge in [-0.15, -0.1) is 0 Å². The number of sulfonamides is 1. The van der Waals surface area contributed by atoms with Gasteiger partial charge in [-0.1, -0.05) is 43.7 Å². The van der Waals surface area contributed by atoms with Crippen LogP contribution in [0.1, 0.15) is 44.7 Å². The number of carbonyl (C=O) groups excluding carboxylic acids is 2. The van der Waals surface area contributed by atoms with Crippen molar-refractivity contribution in [3.05, 3.63) is 53.6 Å². The molecule has 1 aliphatic rings. The van der Waals surface area contributed by atoms with Gasteiger partial charge in [-0.25, -0.2) is 8.42 Å². The molecule has 0 radical (unpaired) electrons. The van der Waals surface area contributed by atoms with Gasteiger partial charge in [-0.2, -0.15) is 0 Å². The van der Waals surface area contributed by atoms with Gasteiger partial charge in [-0.3, -0.25) is 13.9 Å². The first-order valence-corrected chi connectivity index (χ1v) is 14.8. The number of benzene rings is 2. The Morgan fingerprint density at radius 1 is 1.00 bits per heavy atom. The molecule has 0 aromatic heterocycles. The third kappa shape index (κ3) is 8.11. The first-order valence-electron chi connectivity index (χ1n) is 13.0. The van der Waals surface area contributed by atoms with E-state index in [4.69, 9.17) is 9.47 Å². The van der Waals surface area contributed by atoms with E-state index in [1.165, 1.54) is 4.31 Å². The molecular formula is C28H39N3O6S. The minimum absolute atomic E-state index is 0.0875. The van der Waals surface area contributed by atoms with Crippen LogP contribution in [0, 0.1) is 12.8 Å². The molecule has 0 saturated carbocycles. The summed E-state index contributed by atoms with van der Waals surface area (Å²) in [5.41, 5.74) is 2.47. The van der Waals surface area contributed by atoms with E-state index in [0.29, 0.717) is 36.9 Å². The lowest BCUT2D eigenvalue weighted by Gasteiger charge is -2.30. The highest BCUT2D eigenvalue weighted by Crippen LogP contribution is 2.34. The topological polar surface area (TPSA) is 105 Å². The average molecular weight is 546 g/mol. The summed E-state index contributed by atoms with van der Waals surface area (Å²) in [7, 11) is -3.61. The van der Waals surface area contributed by atoms with Gasteiger partial charge in [0, 0.05) is 32.1 Å². The standard InChI is InChI=1S/C28H39N3O6S/c1-20(2)18-29-28(33)22(4)30(19-23-10-8-21(3)9-11-23)27(32)7-6-14-31(38(5,34)35)24-12-13-25-26(17-24)37-16-15-36-25/h8-13,17,20,22H,6-7,14-16,18-19H2,1-5H3,(H,29,33)/t22-/m0/s1. The Labute approximate surface area is 226 Å². The van der Waals surface area contributed by atoms with Crippen LogP contribution in [0.15, 0.2) is 42.5 Å². The molecule has 38 heavy (non-hydrogen) atoms. The lowest BCUT2D eigenvalue weighted by atomic mass is 10.1. The Bertz CT molecular complexity index is 1210. The SMILES string of the molecule is Cc1ccc(CN(C(=O)CCCN(c2ccc3c(c2)OCCO3)S(C)(=O)=O)[C@@H](C)C(=O)NCC(C)C)cc1. The molecule has 2 aromatic carbocycles. The second-order valence-corrected chi connectivity index (χ2v) is 12.0. The molecule has 0 fully saturated rings. The van der Waals surface area contributed by atoms with E-state index >= 15 is 0 Å². The first kappa shape index (κ1) is 29.3. The molecule has 0 saturated heterocycles. The van der Waals surface area contributed by atoms with Crippen LogP contribution in [0.5, 0.6) is 11.5 Å². The maximum absolute atomic E-state index is 13.4. The monoisotopic (exact) mass is 545 g/mol. The Kier molecular flexibility index (Phi) is 10.0. The van der Waals surface area contributed by atoms with Gasteiger partial charge in [0.2, 0.25) is 21.8 Å². The molecule has 1 aliphatic heterocycles. The second kappa shape index (κ2) is 13.0. The van der Waals surface area contributed by atoms with Crippen LogP contribution in [0.25, 0.3) is 0 Å². The molecule has 10 heteroatoms. The van der Waals surface area contributed by atoms with Crippen molar-refractivity contribution in [1.29, 1.82) is 0 Å². The van der Waals surface area contributed by atoms with E-state index < -0.39 is 16.1 Å². The summed E-state index contributed by atoms with van der Waals surface area (Å²) in [6.07, 6.45) is 1.51. The number of hydrogen-bond acceptors (Lipinski definition) is 6. The second-order valence-electron chi connectivity index (χ2n) is 10.1. The molecule has 0 bridgehead atoms. The predicted octanol–water partition coefficient (Wildman–Crippen LogP) is 3.50. The number of anilines is 1. The Balaban J connectivity index is 1.72. The van der Waals surface area contributed by atoms with Crippen LogP contribution in [0.3, 0.4) is 0 Å². The largest absolute Gasteiger partial charge is 0.486 e. The van der Waals surface area contributed by atoms with Gasteiger partial charge < -0.3 is 19.7 Å². The fourth-order valence-corrected chi connectivity index (χ4v) is 5.07. The number of nitrogens with one attached hydrogen (secondary N) is 1. The molecule has 0 aliphatic carbocycles. The van der Waals surface area contributed by atoms with Crippen LogP contribution in [-0.2, 0) is 26.2 Å². The normalized spacial score (nSPS) is 13.6. The van der Waals surface area contributed by atoms with E-state index in [-0.39, 0.29) is 43.7 Å². The Morgan fingerprint density at radius 2 is 1.66 bits per heavy atom. The zero-order chi connectivity index (χ0) is 27.9. The van der Waals surface area contributed by atoms with Gasteiger partial charge in [0.25, 0.3) is 0 Å². The van der Waals surface area contributed by atoms with Gasteiger partial charge in [0.15, 0.2) is 11.5 Å². The highest BCUT2D eigenvalue weighted by molar-refractivity contribution is 7.92. The van der Waals surface area contributed by atoms with Crippen LogP contribution in [0.4, 0.5) is 5.69 Å².